The standard InChI is InChI=1S/C32H42F3N5O5/c1-31(2,3)45-30(44)39-26(19-27(41)40-16-14-22(20-36)15-17-40)29(43)38-25(13-12-21-8-5-4-6-9-21)28(42)37-24-11-7-10-23(18-24)32(33,34)35/h4-11,18,22,25-26H,12-17,19-20,36H2,1-3H3,(H,37,42)(H,38,43)(H,39,44)/t25-,26-/m0/s1. The predicted octanol–water partition coefficient (Wildman–Crippen LogP) is 4.24. The van der Waals surface area contributed by atoms with E-state index < -0.39 is 47.3 Å². The van der Waals surface area contributed by atoms with Gasteiger partial charge in [-0.05, 0) is 82.7 Å². The van der Waals surface area contributed by atoms with E-state index in [1.165, 1.54) is 12.1 Å². The highest BCUT2D eigenvalue weighted by atomic mass is 19.4. The second kappa shape index (κ2) is 15.7. The van der Waals surface area contributed by atoms with Crippen molar-refractivity contribution in [3.8, 4) is 0 Å². The smallest absolute Gasteiger partial charge is 0.416 e. The molecule has 0 aliphatic carbocycles. The molecule has 1 heterocycles. The fourth-order valence-electron chi connectivity index (χ4n) is 4.88. The van der Waals surface area contributed by atoms with Crippen molar-refractivity contribution in [1.29, 1.82) is 0 Å². The SMILES string of the molecule is CC(C)(C)OC(=O)N[C@@H](CC(=O)N1CCC(CN)CC1)C(=O)N[C@@H](CCc1ccccc1)C(=O)Nc1cccc(C(F)(F)F)c1. The maximum Gasteiger partial charge on any atom is 0.416 e. The normalized spacial score (nSPS) is 15.5. The van der Waals surface area contributed by atoms with Crippen LogP contribution in [0.4, 0.5) is 23.7 Å². The number of piperidine rings is 1. The summed E-state index contributed by atoms with van der Waals surface area (Å²) >= 11 is 0. The Kier molecular flexibility index (Phi) is 12.4. The molecule has 0 radical (unpaired) electrons. The van der Waals surface area contributed by atoms with Gasteiger partial charge in [-0.2, -0.15) is 13.2 Å². The number of nitrogens with two attached hydrogens (primary N) is 1. The van der Waals surface area contributed by atoms with Gasteiger partial charge in [0, 0.05) is 18.8 Å². The van der Waals surface area contributed by atoms with Crippen LogP contribution in [0.15, 0.2) is 54.6 Å². The number of likely N-dealkylation sites (tertiary alicyclic amines) is 1. The average Bonchev–Trinajstić information content (AvgIpc) is 2.98. The molecule has 13 heteroatoms. The molecule has 246 valence electrons. The van der Waals surface area contributed by atoms with Crippen molar-refractivity contribution >= 4 is 29.5 Å². The highest BCUT2D eigenvalue weighted by Gasteiger charge is 2.33. The number of aryl methyl sites for hydroxylation is 1. The Morgan fingerprint density at radius 2 is 1.60 bits per heavy atom. The van der Waals surface area contributed by atoms with Crippen LogP contribution in [0.3, 0.4) is 0 Å². The number of amides is 4. The quantitative estimate of drug-likeness (QED) is 0.292. The molecule has 1 saturated heterocycles. The lowest BCUT2D eigenvalue weighted by atomic mass is 9.96. The molecule has 5 N–H and O–H groups in total. The number of halogens is 3. The number of rotatable bonds is 11. The first-order valence-corrected chi connectivity index (χ1v) is 14.9. The number of alkyl carbamates (subject to hydrolysis) is 1. The maximum atomic E-state index is 13.6. The Bertz CT molecular complexity index is 1310. The minimum atomic E-state index is -4.62. The second-order valence-electron chi connectivity index (χ2n) is 12.1. The first kappa shape index (κ1) is 35.4. The van der Waals surface area contributed by atoms with Crippen LogP contribution in [0.25, 0.3) is 0 Å². The molecule has 1 aliphatic heterocycles. The van der Waals surface area contributed by atoms with Gasteiger partial charge in [0.15, 0.2) is 0 Å². The highest BCUT2D eigenvalue weighted by Crippen LogP contribution is 2.30. The average molecular weight is 634 g/mol. The Morgan fingerprint density at radius 1 is 0.933 bits per heavy atom. The van der Waals surface area contributed by atoms with Crippen LogP contribution in [-0.4, -0.2) is 66.0 Å². The van der Waals surface area contributed by atoms with E-state index in [4.69, 9.17) is 10.5 Å². The molecule has 45 heavy (non-hydrogen) atoms. The zero-order valence-corrected chi connectivity index (χ0v) is 25.8. The summed E-state index contributed by atoms with van der Waals surface area (Å²) in [6, 6.07) is 10.7. The van der Waals surface area contributed by atoms with Gasteiger partial charge in [0.2, 0.25) is 17.7 Å². The van der Waals surface area contributed by atoms with Crippen LogP contribution >= 0.6 is 0 Å². The van der Waals surface area contributed by atoms with E-state index in [2.05, 4.69) is 16.0 Å². The number of alkyl halides is 3. The zero-order chi connectivity index (χ0) is 33.2. The van der Waals surface area contributed by atoms with Gasteiger partial charge in [0.05, 0.1) is 12.0 Å². The zero-order valence-electron chi connectivity index (χ0n) is 25.8. The second-order valence-corrected chi connectivity index (χ2v) is 12.1. The molecular formula is C32H42F3N5O5. The van der Waals surface area contributed by atoms with Gasteiger partial charge < -0.3 is 31.3 Å². The first-order valence-electron chi connectivity index (χ1n) is 14.9. The lowest BCUT2D eigenvalue weighted by Gasteiger charge is -2.32. The third-order valence-corrected chi connectivity index (χ3v) is 7.34. The largest absolute Gasteiger partial charge is 0.444 e. The fraction of sp³-hybridized carbons (Fsp3) is 0.500. The number of nitrogens with zero attached hydrogens (tertiary/aromatic N) is 1. The molecule has 2 aromatic carbocycles. The summed E-state index contributed by atoms with van der Waals surface area (Å²) in [6.07, 6.45) is -4.06. The molecule has 3 rings (SSSR count). The van der Waals surface area contributed by atoms with Crippen molar-refractivity contribution in [3.63, 3.8) is 0 Å². The number of ether oxygens (including phenoxy) is 1. The molecule has 0 spiro atoms. The minimum absolute atomic E-state index is 0.0836. The number of hydrogen-bond donors (Lipinski definition) is 4. The topological polar surface area (TPSA) is 143 Å². The van der Waals surface area contributed by atoms with Gasteiger partial charge in [-0.15, -0.1) is 0 Å². The summed E-state index contributed by atoms with van der Waals surface area (Å²) in [5, 5.41) is 7.53. The van der Waals surface area contributed by atoms with E-state index in [1.54, 1.807) is 25.7 Å². The van der Waals surface area contributed by atoms with Crippen LogP contribution < -0.4 is 21.7 Å². The van der Waals surface area contributed by atoms with Gasteiger partial charge in [-0.3, -0.25) is 14.4 Å². The van der Waals surface area contributed by atoms with Crippen LogP contribution in [0.5, 0.6) is 0 Å². The third kappa shape index (κ3) is 11.7. The highest BCUT2D eigenvalue weighted by molar-refractivity contribution is 5.99. The van der Waals surface area contributed by atoms with E-state index >= 15 is 0 Å². The number of benzene rings is 2. The van der Waals surface area contributed by atoms with Crippen molar-refractivity contribution in [2.45, 2.75) is 76.7 Å². The molecule has 0 bridgehead atoms. The summed E-state index contributed by atoms with van der Waals surface area (Å²) < 4.78 is 45.1. The lowest BCUT2D eigenvalue weighted by molar-refractivity contribution is -0.137. The van der Waals surface area contributed by atoms with E-state index in [9.17, 15) is 32.3 Å². The molecular weight excluding hydrogens is 591 g/mol. The first-order chi connectivity index (χ1) is 21.1. The van der Waals surface area contributed by atoms with Crippen molar-refractivity contribution in [2.24, 2.45) is 11.7 Å². The van der Waals surface area contributed by atoms with Gasteiger partial charge in [0.1, 0.15) is 17.7 Å². The summed E-state index contributed by atoms with van der Waals surface area (Å²) in [6.45, 7) is 6.37. The summed E-state index contributed by atoms with van der Waals surface area (Å²) in [7, 11) is 0. The summed E-state index contributed by atoms with van der Waals surface area (Å²) in [5.74, 6) is -1.64. The maximum absolute atomic E-state index is 13.6. The monoisotopic (exact) mass is 633 g/mol. The Balaban J connectivity index is 1.81. The van der Waals surface area contributed by atoms with E-state index in [0.717, 1.165) is 30.5 Å². The van der Waals surface area contributed by atoms with Crippen molar-refractivity contribution < 1.29 is 37.1 Å². The third-order valence-electron chi connectivity index (χ3n) is 7.34. The van der Waals surface area contributed by atoms with Crippen molar-refractivity contribution in [3.05, 3.63) is 65.7 Å². The molecule has 0 unspecified atom stereocenters. The van der Waals surface area contributed by atoms with Gasteiger partial charge >= 0.3 is 12.3 Å². The molecule has 0 saturated carbocycles. The van der Waals surface area contributed by atoms with Gasteiger partial charge in [0.25, 0.3) is 0 Å². The van der Waals surface area contributed by atoms with Crippen LogP contribution in [0.2, 0.25) is 0 Å². The minimum Gasteiger partial charge on any atom is -0.444 e. The van der Waals surface area contributed by atoms with E-state index in [1.807, 2.05) is 30.3 Å². The summed E-state index contributed by atoms with van der Waals surface area (Å²) in [4.78, 5) is 54.5. The van der Waals surface area contributed by atoms with Crippen LogP contribution in [0.1, 0.15) is 57.6 Å². The Hall–Kier alpha value is -4.13. The molecule has 0 aromatic heterocycles. The molecule has 2 atom stereocenters. The van der Waals surface area contributed by atoms with Gasteiger partial charge in [-0.25, -0.2) is 4.79 Å². The fourth-order valence-corrected chi connectivity index (χ4v) is 4.88. The number of hydrogen-bond acceptors (Lipinski definition) is 6. The van der Waals surface area contributed by atoms with Crippen LogP contribution in [-0.2, 0) is 31.7 Å². The number of carbonyl (C=O) groups excluding carboxylic acids is 4. The lowest BCUT2D eigenvalue weighted by Crippen LogP contribution is -2.55. The number of carbonyl (C=O) groups is 4. The van der Waals surface area contributed by atoms with Gasteiger partial charge in [-0.1, -0.05) is 36.4 Å². The van der Waals surface area contributed by atoms with E-state index in [0.29, 0.717) is 32.0 Å². The Labute approximate surface area is 261 Å². The molecule has 1 fully saturated rings. The number of nitrogens with one attached hydrogen (secondary N) is 3. The van der Waals surface area contributed by atoms with Crippen LogP contribution in [0, 0.1) is 5.92 Å². The number of anilines is 1. The van der Waals surface area contributed by atoms with E-state index in [-0.39, 0.29) is 24.4 Å². The molecule has 10 nitrogen and oxygen atoms in total. The summed E-state index contributed by atoms with van der Waals surface area (Å²) in [5.41, 5.74) is 4.69. The molecule has 4 amide bonds. The van der Waals surface area contributed by atoms with Crippen molar-refractivity contribution in [2.75, 3.05) is 25.0 Å². The molecule has 2 aromatic rings. The predicted molar refractivity (Wildman–Crippen MR) is 163 cm³/mol. The Morgan fingerprint density at radius 3 is 2.20 bits per heavy atom. The molecule has 1 aliphatic rings. The van der Waals surface area contributed by atoms with Crippen molar-refractivity contribution in [1.82, 2.24) is 15.5 Å².